The molecule has 1 fully saturated rings. The van der Waals surface area contributed by atoms with Crippen LogP contribution >= 0.6 is 28.1 Å². The highest BCUT2D eigenvalue weighted by Crippen LogP contribution is 2.12. The van der Waals surface area contributed by atoms with E-state index in [0.717, 1.165) is 48.2 Å². The van der Waals surface area contributed by atoms with Crippen LogP contribution < -0.4 is 10.7 Å². The summed E-state index contributed by atoms with van der Waals surface area (Å²) < 4.78 is 6.60. The number of halogens is 1. The van der Waals surface area contributed by atoms with Gasteiger partial charge in [-0.1, -0.05) is 35.0 Å². The average molecular weight is 370 g/mol. The molecule has 1 aliphatic heterocycles. The number of nitrogens with zero attached hydrogens (tertiary/aromatic N) is 1. The van der Waals surface area contributed by atoms with Gasteiger partial charge < -0.3 is 10.1 Å². The fourth-order valence-corrected chi connectivity index (χ4v) is 2.55. The Bertz CT molecular complexity index is 498. The molecule has 1 heterocycles. The van der Waals surface area contributed by atoms with Gasteiger partial charge in [-0.2, -0.15) is 5.10 Å². The quantitative estimate of drug-likeness (QED) is 0.475. The maximum absolute atomic E-state index is 5.54. The molecule has 0 unspecified atom stereocenters. The second kappa shape index (κ2) is 8.46. The summed E-state index contributed by atoms with van der Waals surface area (Å²) in [4.78, 5) is 0. The summed E-state index contributed by atoms with van der Waals surface area (Å²) in [5.74, 6) is 0. The number of nitrogens with one attached hydrogen (secondary N) is 2. The zero-order valence-electron chi connectivity index (χ0n) is 12.1. The Morgan fingerprint density at radius 1 is 1.43 bits per heavy atom. The lowest BCUT2D eigenvalue weighted by Crippen LogP contribution is -2.37. The van der Waals surface area contributed by atoms with E-state index in [9.17, 15) is 0 Å². The monoisotopic (exact) mass is 369 g/mol. The van der Waals surface area contributed by atoms with Crippen LogP contribution in [0.5, 0.6) is 0 Å². The van der Waals surface area contributed by atoms with Crippen LogP contribution in [0.2, 0.25) is 0 Å². The molecular weight excluding hydrogens is 350 g/mol. The smallest absolute Gasteiger partial charge is 0.187 e. The number of ether oxygens (including phenoxy) is 1. The molecule has 0 spiro atoms. The van der Waals surface area contributed by atoms with Crippen molar-refractivity contribution in [3.8, 4) is 0 Å². The molecule has 0 saturated carbocycles. The van der Waals surface area contributed by atoms with Crippen LogP contribution in [0.3, 0.4) is 0 Å². The maximum Gasteiger partial charge on any atom is 0.187 e. The van der Waals surface area contributed by atoms with Crippen molar-refractivity contribution in [2.45, 2.75) is 32.3 Å². The van der Waals surface area contributed by atoms with Crippen LogP contribution in [0, 0.1) is 0 Å². The highest BCUT2D eigenvalue weighted by Gasteiger charge is 2.15. The fourth-order valence-electron chi connectivity index (χ4n) is 2.16. The third-order valence-corrected chi connectivity index (χ3v) is 4.08. The van der Waals surface area contributed by atoms with Gasteiger partial charge in [-0.05, 0) is 49.2 Å². The van der Waals surface area contributed by atoms with Gasteiger partial charge in [0.2, 0.25) is 0 Å². The van der Waals surface area contributed by atoms with E-state index in [-0.39, 0.29) is 6.10 Å². The number of benzene rings is 1. The molecule has 1 aromatic carbocycles. The van der Waals surface area contributed by atoms with E-state index >= 15 is 0 Å². The van der Waals surface area contributed by atoms with Crippen LogP contribution in [0.1, 0.15) is 31.7 Å². The van der Waals surface area contributed by atoms with Gasteiger partial charge in [-0.3, -0.25) is 5.43 Å². The predicted octanol–water partition coefficient (Wildman–Crippen LogP) is 3.21. The molecule has 4 nitrogen and oxygen atoms in total. The molecule has 1 aliphatic rings. The lowest BCUT2D eigenvalue weighted by Gasteiger charge is -2.12. The predicted molar refractivity (Wildman–Crippen MR) is 93.7 cm³/mol. The van der Waals surface area contributed by atoms with Gasteiger partial charge in [-0.15, -0.1) is 0 Å². The normalized spacial score (nSPS) is 18.6. The molecule has 1 atom stereocenters. The van der Waals surface area contributed by atoms with E-state index in [1.54, 1.807) is 0 Å². The molecule has 0 bridgehead atoms. The second-order valence-electron chi connectivity index (χ2n) is 4.88. The van der Waals surface area contributed by atoms with Crippen LogP contribution in [0.4, 0.5) is 0 Å². The minimum atomic E-state index is 0.269. The molecule has 2 rings (SSSR count). The summed E-state index contributed by atoms with van der Waals surface area (Å²) in [6.45, 7) is 3.67. The van der Waals surface area contributed by atoms with E-state index in [1.807, 2.05) is 24.3 Å². The number of rotatable bonds is 5. The van der Waals surface area contributed by atoms with E-state index < -0.39 is 0 Å². The van der Waals surface area contributed by atoms with Crippen molar-refractivity contribution in [1.29, 1.82) is 0 Å². The van der Waals surface area contributed by atoms with Gasteiger partial charge in [-0.25, -0.2) is 0 Å². The lowest BCUT2D eigenvalue weighted by molar-refractivity contribution is 0.114. The van der Waals surface area contributed by atoms with Crippen molar-refractivity contribution in [2.75, 3.05) is 13.2 Å². The summed E-state index contributed by atoms with van der Waals surface area (Å²) in [6, 6.07) is 8.09. The van der Waals surface area contributed by atoms with Crippen LogP contribution in [-0.4, -0.2) is 30.1 Å². The van der Waals surface area contributed by atoms with Gasteiger partial charge in [0.05, 0.1) is 11.8 Å². The molecule has 1 aromatic rings. The fraction of sp³-hybridized carbons (Fsp3) is 0.467. The van der Waals surface area contributed by atoms with Crippen molar-refractivity contribution < 1.29 is 4.74 Å². The largest absolute Gasteiger partial charge is 0.376 e. The zero-order chi connectivity index (χ0) is 15.1. The lowest BCUT2D eigenvalue weighted by atomic mass is 10.1. The van der Waals surface area contributed by atoms with Gasteiger partial charge >= 0.3 is 0 Å². The SMILES string of the molecule is CC/C(=N/NC(=S)NC[C@H]1CCCO1)c1ccc(Br)cc1. The Morgan fingerprint density at radius 2 is 2.19 bits per heavy atom. The first-order chi connectivity index (χ1) is 10.2. The minimum absolute atomic E-state index is 0.269. The van der Waals surface area contributed by atoms with E-state index in [0.29, 0.717) is 5.11 Å². The van der Waals surface area contributed by atoms with Gasteiger partial charge in [0.25, 0.3) is 0 Å². The Balaban J connectivity index is 1.84. The highest BCUT2D eigenvalue weighted by molar-refractivity contribution is 9.10. The van der Waals surface area contributed by atoms with Crippen molar-refractivity contribution in [3.05, 3.63) is 34.3 Å². The first kappa shape index (κ1) is 16.4. The molecule has 114 valence electrons. The van der Waals surface area contributed by atoms with Crippen molar-refractivity contribution >= 4 is 39.0 Å². The molecule has 21 heavy (non-hydrogen) atoms. The average Bonchev–Trinajstić information content (AvgIpc) is 3.01. The summed E-state index contributed by atoms with van der Waals surface area (Å²) >= 11 is 8.67. The third kappa shape index (κ3) is 5.37. The van der Waals surface area contributed by atoms with Crippen LogP contribution in [-0.2, 0) is 4.74 Å². The van der Waals surface area contributed by atoms with Gasteiger partial charge in [0.15, 0.2) is 5.11 Å². The topological polar surface area (TPSA) is 45.7 Å². The second-order valence-corrected chi connectivity index (χ2v) is 6.20. The molecule has 2 N–H and O–H groups in total. The number of hydrogen-bond donors (Lipinski definition) is 2. The van der Waals surface area contributed by atoms with Crippen molar-refractivity contribution in [2.24, 2.45) is 5.10 Å². The summed E-state index contributed by atoms with van der Waals surface area (Å²) in [6.07, 6.45) is 3.33. The Morgan fingerprint density at radius 3 is 2.81 bits per heavy atom. The Kier molecular flexibility index (Phi) is 6.60. The van der Waals surface area contributed by atoms with Crippen LogP contribution in [0.15, 0.2) is 33.8 Å². The summed E-state index contributed by atoms with van der Waals surface area (Å²) in [5, 5.41) is 8.08. The third-order valence-electron chi connectivity index (χ3n) is 3.32. The Hall–Kier alpha value is -0.980. The molecule has 0 aromatic heterocycles. The first-order valence-electron chi connectivity index (χ1n) is 7.17. The van der Waals surface area contributed by atoms with Gasteiger partial charge in [0.1, 0.15) is 0 Å². The molecule has 6 heteroatoms. The minimum Gasteiger partial charge on any atom is -0.376 e. The zero-order valence-corrected chi connectivity index (χ0v) is 14.5. The molecule has 0 amide bonds. The molecular formula is C15H20BrN3OS. The standard InChI is InChI=1S/C15H20BrN3OS/c1-2-14(11-5-7-12(16)8-6-11)18-19-15(21)17-10-13-4-3-9-20-13/h5-8,13H,2-4,9-10H2,1H3,(H2,17,19,21)/b18-14-/t13-/m1/s1. The molecule has 1 saturated heterocycles. The summed E-state index contributed by atoms with van der Waals surface area (Å²) in [7, 11) is 0. The molecule has 0 radical (unpaired) electrons. The van der Waals surface area contributed by atoms with E-state index in [2.05, 4.69) is 38.7 Å². The summed E-state index contributed by atoms with van der Waals surface area (Å²) in [5.41, 5.74) is 4.98. The first-order valence-corrected chi connectivity index (χ1v) is 8.37. The number of hydrazone groups is 1. The van der Waals surface area contributed by atoms with Crippen molar-refractivity contribution in [3.63, 3.8) is 0 Å². The Labute approximate surface area is 139 Å². The number of thiocarbonyl (C=S) groups is 1. The van der Waals surface area contributed by atoms with E-state index in [1.165, 1.54) is 0 Å². The highest BCUT2D eigenvalue weighted by atomic mass is 79.9. The maximum atomic E-state index is 5.54. The van der Waals surface area contributed by atoms with Crippen molar-refractivity contribution in [1.82, 2.24) is 10.7 Å². The number of hydrogen-bond acceptors (Lipinski definition) is 3. The van der Waals surface area contributed by atoms with E-state index in [4.69, 9.17) is 17.0 Å². The van der Waals surface area contributed by atoms with Gasteiger partial charge in [0, 0.05) is 17.6 Å². The van der Waals surface area contributed by atoms with Crippen LogP contribution in [0.25, 0.3) is 0 Å². The molecule has 0 aliphatic carbocycles.